The number of pyridine rings is 1. The molecule has 0 unspecified atom stereocenters. The molecule has 0 N–H and O–H groups in total. The molecule has 9 aromatic carbocycles. The average molecular weight is 727 g/mol. The third-order valence-corrected chi connectivity index (χ3v) is 10.8. The van der Waals surface area contributed by atoms with Crippen molar-refractivity contribution >= 4 is 38.7 Å². The van der Waals surface area contributed by atoms with Crippen molar-refractivity contribution in [1.82, 2.24) is 4.98 Å². The van der Waals surface area contributed by atoms with Gasteiger partial charge in [0.15, 0.2) is 0 Å². The molecule has 1 aromatic heterocycles. The van der Waals surface area contributed by atoms with E-state index in [1.54, 1.807) is 0 Å². The van der Waals surface area contributed by atoms with Crippen molar-refractivity contribution < 1.29 is 0 Å². The molecule has 2 nitrogen and oxygen atoms in total. The van der Waals surface area contributed by atoms with E-state index in [4.69, 9.17) is 4.98 Å². The molecule has 2 heteroatoms. The number of anilines is 3. The molecule has 0 bridgehead atoms. The Bertz CT molecular complexity index is 2970. The van der Waals surface area contributed by atoms with Gasteiger partial charge in [0.1, 0.15) is 0 Å². The van der Waals surface area contributed by atoms with Crippen LogP contribution in [-0.2, 0) is 0 Å². The van der Waals surface area contributed by atoms with E-state index < -0.39 is 0 Å². The van der Waals surface area contributed by atoms with E-state index in [9.17, 15) is 0 Å². The van der Waals surface area contributed by atoms with Crippen LogP contribution in [0.4, 0.5) is 17.1 Å². The van der Waals surface area contributed by atoms with Gasteiger partial charge >= 0.3 is 0 Å². The van der Waals surface area contributed by atoms with Crippen molar-refractivity contribution in [2.24, 2.45) is 0 Å². The van der Waals surface area contributed by atoms with Crippen LogP contribution in [0.1, 0.15) is 0 Å². The Kier molecular flexibility index (Phi) is 8.91. The zero-order valence-electron chi connectivity index (χ0n) is 31.3. The molecule has 0 saturated heterocycles. The Morgan fingerprint density at radius 1 is 0.281 bits per heavy atom. The average Bonchev–Trinajstić information content (AvgIpc) is 3.30. The highest BCUT2D eigenvalue weighted by Crippen LogP contribution is 2.43. The number of para-hydroxylation sites is 2. The predicted molar refractivity (Wildman–Crippen MR) is 241 cm³/mol. The second-order valence-corrected chi connectivity index (χ2v) is 14.4. The highest BCUT2D eigenvalue weighted by Gasteiger charge is 2.19. The summed E-state index contributed by atoms with van der Waals surface area (Å²) < 4.78 is 0. The van der Waals surface area contributed by atoms with Crippen molar-refractivity contribution in [2.75, 3.05) is 4.90 Å². The van der Waals surface area contributed by atoms with Gasteiger partial charge in [0.25, 0.3) is 0 Å². The first-order valence-electron chi connectivity index (χ1n) is 19.5. The summed E-state index contributed by atoms with van der Waals surface area (Å²) >= 11 is 0. The fraction of sp³-hybridized carbons (Fsp3) is 0. The molecule has 10 aromatic rings. The van der Waals surface area contributed by atoms with Crippen LogP contribution < -0.4 is 4.90 Å². The molecule has 268 valence electrons. The summed E-state index contributed by atoms with van der Waals surface area (Å²) in [5.74, 6) is 0. The van der Waals surface area contributed by atoms with Crippen molar-refractivity contribution in [1.29, 1.82) is 0 Å². The van der Waals surface area contributed by atoms with Crippen molar-refractivity contribution in [3.05, 3.63) is 231 Å². The molecular formula is C55H38N2. The van der Waals surface area contributed by atoms with Gasteiger partial charge in [-0.05, 0) is 98.8 Å². The van der Waals surface area contributed by atoms with E-state index in [1.165, 1.54) is 44.2 Å². The maximum absolute atomic E-state index is 5.31. The normalized spacial score (nSPS) is 11.2. The first-order chi connectivity index (χ1) is 28.2. The maximum Gasteiger partial charge on any atom is 0.0788 e. The van der Waals surface area contributed by atoms with Gasteiger partial charge in [-0.2, -0.15) is 0 Å². The second kappa shape index (κ2) is 14.9. The largest absolute Gasteiger partial charge is 0.310 e. The highest BCUT2D eigenvalue weighted by atomic mass is 15.1. The zero-order chi connectivity index (χ0) is 38.0. The van der Waals surface area contributed by atoms with Gasteiger partial charge in [0.2, 0.25) is 0 Å². The third-order valence-electron chi connectivity index (χ3n) is 10.8. The van der Waals surface area contributed by atoms with Gasteiger partial charge in [-0.1, -0.05) is 176 Å². The zero-order valence-corrected chi connectivity index (χ0v) is 31.3. The Morgan fingerprint density at radius 2 is 0.737 bits per heavy atom. The molecule has 0 amide bonds. The molecule has 1 heterocycles. The Morgan fingerprint density at radius 3 is 1.40 bits per heavy atom. The van der Waals surface area contributed by atoms with Crippen LogP contribution in [0.25, 0.3) is 77.4 Å². The lowest BCUT2D eigenvalue weighted by Crippen LogP contribution is -2.11. The van der Waals surface area contributed by atoms with E-state index >= 15 is 0 Å². The van der Waals surface area contributed by atoms with Crippen molar-refractivity contribution in [3.63, 3.8) is 0 Å². The molecule has 0 aliphatic rings. The van der Waals surface area contributed by atoms with Crippen LogP contribution in [0.2, 0.25) is 0 Å². The number of hydrogen-bond acceptors (Lipinski definition) is 2. The van der Waals surface area contributed by atoms with E-state index in [0.29, 0.717) is 0 Å². The highest BCUT2D eigenvalue weighted by molar-refractivity contribution is 5.96. The monoisotopic (exact) mass is 726 g/mol. The number of aromatic nitrogens is 1. The van der Waals surface area contributed by atoms with Gasteiger partial charge in [-0.15, -0.1) is 0 Å². The summed E-state index contributed by atoms with van der Waals surface area (Å²) in [5.41, 5.74) is 15.7. The Balaban J connectivity index is 1.08. The van der Waals surface area contributed by atoms with Crippen LogP contribution in [0.5, 0.6) is 0 Å². The minimum Gasteiger partial charge on any atom is -0.310 e. The Hall–Kier alpha value is -7.55. The minimum absolute atomic E-state index is 0.971. The van der Waals surface area contributed by atoms with Crippen molar-refractivity contribution in [3.8, 4) is 55.8 Å². The minimum atomic E-state index is 0.971. The van der Waals surface area contributed by atoms with Crippen LogP contribution in [-0.4, -0.2) is 4.98 Å². The fourth-order valence-corrected chi connectivity index (χ4v) is 7.94. The number of hydrogen-bond donors (Lipinski definition) is 0. The lowest BCUT2D eigenvalue weighted by atomic mass is 9.94. The number of rotatable bonds is 8. The van der Waals surface area contributed by atoms with Gasteiger partial charge in [0, 0.05) is 33.5 Å². The molecule has 0 atom stereocenters. The smallest absolute Gasteiger partial charge is 0.0788 e. The quantitative estimate of drug-likeness (QED) is 0.155. The standard InChI is InChI=1S/C55H38N2/c1-4-14-39(15-5-1)41-28-32-49(33-29-41)57(54-23-13-11-21-51(54)42-18-8-3-9-19-42)50-34-30-43(31-35-50)52-38-47-20-10-12-22-53(47)56-55(52)48-27-26-45-36-44(24-25-46(45)37-48)40-16-6-2-7-17-40/h1-38H. The lowest BCUT2D eigenvalue weighted by Gasteiger charge is -2.28. The molecule has 0 aliphatic carbocycles. The molecular weight excluding hydrogens is 689 g/mol. The molecule has 0 saturated carbocycles. The van der Waals surface area contributed by atoms with Crippen molar-refractivity contribution in [2.45, 2.75) is 0 Å². The van der Waals surface area contributed by atoms with E-state index in [0.717, 1.165) is 50.3 Å². The SMILES string of the molecule is c1ccc(-c2ccc(N(c3ccc(-c4cc5ccccc5nc4-c4ccc5cc(-c6ccccc6)ccc5c4)cc3)c3ccccc3-c3ccccc3)cc2)cc1. The van der Waals surface area contributed by atoms with E-state index in [1.807, 2.05) is 0 Å². The van der Waals surface area contributed by atoms with Crippen LogP contribution >= 0.6 is 0 Å². The van der Waals surface area contributed by atoms with Crippen LogP contribution in [0, 0.1) is 0 Å². The topological polar surface area (TPSA) is 16.1 Å². The van der Waals surface area contributed by atoms with Gasteiger partial charge in [-0.25, -0.2) is 4.98 Å². The second-order valence-electron chi connectivity index (χ2n) is 14.4. The van der Waals surface area contributed by atoms with E-state index in [2.05, 4.69) is 235 Å². The molecule has 57 heavy (non-hydrogen) atoms. The van der Waals surface area contributed by atoms with Gasteiger partial charge in [-0.3, -0.25) is 0 Å². The van der Waals surface area contributed by atoms with Gasteiger partial charge in [0.05, 0.1) is 16.9 Å². The first kappa shape index (κ1) is 34.0. The molecule has 0 spiro atoms. The molecule has 0 aliphatic heterocycles. The number of benzene rings is 9. The summed E-state index contributed by atoms with van der Waals surface area (Å²) in [6.07, 6.45) is 0. The Labute approximate surface area is 333 Å². The summed E-state index contributed by atoms with van der Waals surface area (Å²) in [4.78, 5) is 7.68. The van der Waals surface area contributed by atoms with Crippen LogP contribution in [0.3, 0.4) is 0 Å². The third kappa shape index (κ3) is 6.75. The first-order valence-corrected chi connectivity index (χ1v) is 19.5. The summed E-state index contributed by atoms with van der Waals surface area (Å²) in [7, 11) is 0. The lowest BCUT2D eigenvalue weighted by molar-refractivity contribution is 1.28. The predicted octanol–water partition coefficient (Wildman–Crippen LogP) is 15.2. The fourth-order valence-electron chi connectivity index (χ4n) is 7.94. The molecule has 0 radical (unpaired) electrons. The molecule has 0 fully saturated rings. The maximum atomic E-state index is 5.31. The number of nitrogens with zero attached hydrogens (tertiary/aromatic N) is 2. The summed E-state index contributed by atoms with van der Waals surface area (Å²) in [5, 5.41) is 3.51. The van der Waals surface area contributed by atoms with Gasteiger partial charge < -0.3 is 4.90 Å². The summed E-state index contributed by atoms with van der Waals surface area (Å²) in [6, 6.07) is 82.4. The van der Waals surface area contributed by atoms with E-state index in [-0.39, 0.29) is 0 Å². The number of fused-ring (bicyclic) bond motifs is 2. The summed E-state index contributed by atoms with van der Waals surface area (Å²) in [6.45, 7) is 0. The molecule has 10 rings (SSSR count). The van der Waals surface area contributed by atoms with Crippen LogP contribution in [0.15, 0.2) is 231 Å².